The number of benzene rings is 1. The topological polar surface area (TPSA) is 15.3 Å². The summed E-state index contributed by atoms with van der Waals surface area (Å²) in [6.45, 7) is 5.77. The number of likely N-dealkylation sites (N-methyl/N-ethyl adjacent to an activating group) is 2. The number of alkyl halides is 3. The van der Waals surface area contributed by atoms with Gasteiger partial charge in [-0.25, -0.2) is 0 Å². The van der Waals surface area contributed by atoms with E-state index in [0.717, 1.165) is 5.56 Å². The van der Waals surface area contributed by atoms with Crippen LogP contribution >= 0.6 is 0 Å². The zero-order chi connectivity index (χ0) is 15.2. The van der Waals surface area contributed by atoms with Crippen molar-refractivity contribution in [2.75, 3.05) is 19.6 Å². The fourth-order valence-electron chi connectivity index (χ4n) is 2.43. The number of hydrogen-bond acceptors (Lipinski definition) is 2. The van der Waals surface area contributed by atoms with Gasteiger partial charge in [0.15, 0.2) is 0 Å². The van der Waals surface area contributed by atoms with Crippen molar-refractivity contribution in [3.63, 3.8) is 0 Å². The van der Waals surface area contributed by atoms with E-state index in [0.29, 0.717) is 13.1 Å². The smallest absolute Gasteiger partial charge is 0.309 e. The molecule has 0 heterocycles. The Bertz CT molecular complexity index is 378. The number of nitrogens with one attached hydrogen (secondary N) is 1. The molecular formula is C15H23F3N2. The minimum Gasteiger partial charge on any atom is -0.309 e. The molecule has 0 spiro atoms. The van der Waals surface area contributed by atoms with E-state index in [1.54, 1.807) is 6.92 Å². The highest BCUT2D eigenvalue weighted by molar-refractivity contribution is 5.20. The van der Waals surface area contributed by atoms with Gasteiger partial charge in [0.1, 0.15) is 0 Å². The van der Waals surface area contributed by atoms with Crippen LogP contribution in [0.2, 0.25) is 0 Å². The summed E-state index contributed by atoms with van der Waals surface area (Å²) < 4.78 is 37.9. The van der Waals surface area contributed by atoms with E-state index in [1.807, 2.05) is 44.2 Å². The molecule has 0 aromatic heterocycles. The van der Waals surface area contributed by atoms with Gasteiger partial charge in [-0.2, -0.15) is 13.2 Å². The van der Waals surface area contributed by atoms with Crippen LogP contribution in [-0.2, 0) is 0 Å². The normalized spacial score (nSPS) is 15.3. The Kier molecular flexibility index (Phi) is 6.49. The molecule has 0 aliphatic heterocycles. The Labute approximate surface area is 119 Å². The summed E-state index contributed by atoms with van der Waals surface area (Å²) >= 11 is 0. The molecule has 0 aliphatic rings. The molecule has 0 saturated carbocycles. The summed E-state index contributed by atoms with van der Waals surface area (Å²) in [6, 6.07) is 9.28. The van der Waals surface area contributed by atoms with Gasteiger partial charge in [0.05, 0.1) is 6.54 Å². The molecule has 2 nitrogen and oxygen atoms in total. The molecule has 0 radical (unpaired) electrons. The predicted octanol–water partition coefficient (Wildman–Crippen LogP) is 3.61. The van der Waals surface area contributed by atoms with Crippen molar-refractivity contribution < 1.29 is 13.2 Å². The van der Waals surface area contributed by atoms with Crippen LogP contribution in [0.5, 0.6) is 0 Å². The molecule has 2 unspecified atom stereocenters. The number of nitrogens with zero attached hydrogens (tertiary/aromatic N) is 1. The molecule has 1 aromatic rings. The van der Waals surface area contributed by atoms with Gasteiger partial charge in [-0.1, -0.05) is 44.2 Å². The maximum Gasteiger partial charge on any atom is 0.401 e. The number of halogens is 3. The highest BCUT2D eigenvalue weighted by Crippen LogP contribution is 2.24. The lowest BCUT2D eigenvalue weighted by Crippen LogP contribution is -2.46. The van der Waals surface area contributed by atoms with Crippen LogP contribution in [0.4, 0.5) is 13.2 Å². The molecule has 1 rings (SSSR count). The second-order valence-electron chi connectivity index (χ2n) is 4.86. The van der Waals surface area contributed by atoms with Crippen LogP contribution in [-0.4, -0.2) is 36.8 Å². The van der Waals surface area contributed by atoms with Gasteiger partial charge in [-0.05, 0) is 25.6 Å². The summed E-state index contributed by atoms with van der Waals surface area (Å²) in [5, 5.41) is 3.29. The lowest BCUT2D eigenvalue weighted by atomic mass is 9.99. The van der Waals surface area contributed by atoms with Crippen molar-refractivity contribution in [3.05, 3.63) is 35.9 Å². The standard InChI is InChI=1S/C15H23F3N2/c1-4-19-14(13-9-7-6-8-10-13)12(3)20(5-2)11-15(16,17)18/h6-10,12,14,19H,4-5,11H2,1-3H3. The Morgan fingerprint density at radius 1 is 1.15 bits per heavy atom. The predicted molar refractivity (Wildman–Crippen MR) is 75.6 cm³/mol. The molecule has 0 amide bonds. The summed E-state index contributed by atoms with van der Waals surface area (Å²) in [4.78, 5) is 1.46. The number of rotatable bonds is 7. The van der Waals surface area contributed by atoms with Gasteiger partial charge in [0, 0.05) is 12.1 Å². The van der Waals surface area contributed by atoms with Crippen LogP contribution in [0, 0.1) is 0 Å². The molecule has 20 heavy (non-hydrogen) atoms. The summed E-state index contributed by atoms with van der Waals surface area (Å²) in [5.74, 6) is 0. The van der Waals surface area contributed by atoms with Crippen molar-refractivity contribution in [3.8, 4) is 0 Å². The van der Waals surface area contributed by atoms with Crippen molar-refractivity contribution in [2.24, 2.45) is 0 Å². The first-order valence-electron chi connectivity index (χ1n) is 6.98. The van der Waals surface area contributed by atoms with Crippen LogP contribution in [0.25, 0.3) is 0 Å². The molecule has 0 fully saturated rings. The maximum atomic E-state index is 12.6. The Morgan fingerprint density at radius 2 is 1.75 bits per heavy atom. The second-order valence-corrected chi connectivity index (χ2v) is 4.86. The largest absolute Gasteiger partial charge is 0.401 e. The van der Waals surface area contributed by atoms with Gasteiger partial charge in [0.25, 0.3) is 0 Å². The van der Waals surface area contributed by atoms with Gasteiger partial charge < -0.3 is 5.32 Å². The molecule has 1 N–H and O–H groups in total. The Morgan fingerprint density at radius 3 is 2.20 bits per heavy atom. The van der Waals surface area contributed by atoms with Gasteiger partial charge >= 0.3 is 6.18 Å². The maximum absolute atomic E-state index is 12.6. The van der Waals surface area contributed by atoms with Gasteiger partial charge in [-0.15, -0.1) is 0 Å². The lowest BCUT2D eigenvalue weighted by Gasteiger charge is -2.35. The Balaban J connectivity index is 2.89. The molecule has 2 atom stereocenters. The van der Waals surface area contributed by atoms with Crippen LogP contribution in [0.15, 0.2) is 30.3 Å². The summed E-state index contributed by atoms with van der Waals surface area (Å²) in [6.07, 6.45) is -4.17. The van der Waals surface area contributed by atoms with E-state index in [1.165, 1.54) is 4.90 Å². The minimum absolute atomic E-state index is 0.108. The van der Waals surface area contributed by atoms with Gasteiger partial charge in [-0.3, -0.25) is 4.90 Å². The third-order valence-corrected chi connectivity index (χ3v) is 3.43. The highest BCUT2D eigenvalue weighted by Gasteiger charge is 2.34. The van der Waals surface area contributed by atoms with Crippen molar-refractivity contribution in [1.82, 2.24) is 10.2 Å². The third kappa shape index (κ3) is 5.13. The molecule has 114 valence electrons. The summed E-state index contributed by atoms with van der Waals surface area (Å²) in [7, 11) is 0. The van der Waals surface area contributed by atoms with E-state index in [2.05, 4.69) is 5.32 Å². The summed E-state index contributed by atoms with van der Waals surface area (Å²) in [5.41, 5.74) is 1.02. The first-order valence-corrected chi connectivity index (χ1v) is 6.98. The van der Waals surface area contributed by atoms with Gasteiger partial charge in [0.2, 0.25) is 0 Å². The minimum atomic E-state index is -4.17. The average molecular weight is 288 g/mol. The van der Waals surface area contributed by atoms with E-state index in [4.69, 9.17) is 0 Å². The number of hydrogen-bond donors (Lipinski definition) is 1. The molecule has 5 heteroatoms. The molecule has 0 saturated heterocycles. The molecule has 1 aromatic carbocycles. The van der Waals surface area contributed by atoms with Crippen LogP contribution in [0.1, 0.15) is 32.4 Å². The van der Waals surface area contributed by atoms with E-state index < -0.39 is 12.7 Å². The quantitative estimate of drug-likeness (QED) is 0.824. The monoisotopic (exact) mass is 288 g/mol. The lowest BCUT2D eigenvalue weighted by molar-refractivity contribution is -0.151. The second kappa shape index (κ2) is 7.64. The molecule has 0 bridgehead atoms. The average Bonchev–Trinajstić information content (AvgIpc) is 2.41. The zero-order valence-electron chi connectivity index (χ0n) is 12.2. The third-order valence-electron chi connectivity index (χ3n) is 3.43. The van der Waals surface area contributed by atoms with Crippen molar-refractivity contribution in [1.29, 1.82) is 0 Å². The fourth-order valence-corrected chi connectivity index (χ4v) is 2.43. The van der Waals surface area contributed by atoms with E-state index in [-0.39, 0.29) is 12.1 Å². The highest BCUT2D eigenvalue weighted by atomic mass is 19.4. The first kappa shape index (κ1) is 17.0. The Hall–Kier alpha value is -1.07. The fraction of sp³-hybridized carbons (Fsp3) is 0.600. The van der Waals surface area contributed by atoms with Crippen LogP contribution < -0.4 is 5.32 Å². The first-order chi connectivity index (χ1) is 9.39. The van der Waals surface area contributed by atoms with Crippen molar-refractivity contribution in [2.45, 2.75) is 39.0 Å². The van der Waals surface area contributed by atoms with Crippen LogP contribution in [0.3, 0.4) is 0 Å². The molecular weight excluding hydrogens is 265 g/mol. The zero-order valence-corrected chi connectivity index (χ0v) is 12.2. The molecule has 0 aliphatic carbocycles. The SMILES string of the molecule is CCNC(c1ccccc1)C(C)N(CC)CC(F)(F)F. The van der Waals surface area contributed by atoms with E-state index in [9.17, 15) is 13.2 Å². The van der Waals surface area contributed by atoms with E-state index >= 15 is 0 Å². The van der Waals surface area contributed by atoms with Crippen molar-refractivity contribution >= 4 is 0 Å².